The van der Waals surface area contributed by atoms with Crippen LogP contribution in [0.3, 0.4) is 0 Å². The van der Waals surface area contributed by atoms with Crippen molar-refractivity contribution >= 4 is 21.6 Å². The second-order valence-corrected chi connectivity index (χ2v) is 7.62. The van der Waals surface area contributed by atoms with Gasteiger partial charge in [-0.15, -0.1) is 0 Å². The second-order valence-electron chi connectivity index (χ2n) is 5.90. The Morgan fingerprint density at radius 3 is 2.38 bits per heavy atom. The highest BCUT2D eigenvalue weighted by atomic mass is 32.2. The second kappa shape index (κ2) is 7.35. The van der Waals surface area contributed by atoms with Crippen LogP contribution in [-0.2, 0) is 14.8 Å². The Kier molecular flexibility index (Phi) is 5.15. The lowest BCUT2D eigenvalue weighted by molar-refractivity contribution is -0.117. The lowest BCUT2D eigenvalue weighted by atomic mass is 10.3. The summed E-state index contributed by atoms with van der Waals surface area (Å²) in [6.45, 7) is 0.265. The topological polar surface area (TPSA) is 84.9 Å². The standard InChI is InChI=1S/C18H20N2O5S/c1-24-15-6-8-17(9-7-15)26(22,23)19-13-10-18(21)20(12-13)14-4-3-5-16(11-14)25-2/h3-9,11,13,19H,10,12H2,1-2H3/t13-/m0/s1. The maximum Gasteiger partial charge on any atom is 0.240 e. The van der Waals surface area contributed by atoms with E-state index in [9.17, 15) is 13.2 Å². The van der Waals surface area contributed by atoms with E-state index in [1.165, 1.54) is 19.2 Å². The summed E-state index contributed by atoms with van der Waals surface area (Å²) in [5, 5.41) is 0. The normalized spacial score (nSPS) is 17.4. The highest BCUT2D eigenvalue weighted by Gasteiger charge is 2.33. The van der Waals surface area contributed by atoms with Gasteiger partial charge in [0.1, 0.15) is 11.5 Å². The van der Waals surface area contributed by atoms with Gasteiger partial charge in [-0.25, -0.2) is 13.1 Å². The summed E-state index contributed by atoms with van der Waals surface area (Å²) in [6, 6.07) is 12.7. The lowest BCUT2D eigenvalue weighted by Gasteiger charge is -2.18. The Balaban J connectivity index is 1.73. The van der Waals surface area contributed by atoms with Gasteiger partial charge in [0.2, 0.25) is 15.9 Å². The van der Waals surface area contributed by atoms with Crippen molar-refractivity contribution in [1.29, 1.82) is 0 Å². The highest BCUT2D eigenvalue weighted by Crippen LogP contribution is 2.26. The van der Waals surface area contributed by atoms with Crippen molar-refractivity contribution < 1.29 is 22.7 Å². The van der Waals surface area contributed by atoms with E-state index >= 15 is 0 Å². The van der Waals surface area contributed by atoms with Gasteiger partial charge in [0, 0.05) is 30.8 Å². The van der Waals surface area contributed by atoms with E-state index in [-0.39, 0.29) is 23.8 Å². The summed E-state index contributed by atoms with van der Waals surface area (Å²) in [4.78, 5) is 14.0. The Morgan fingerprint density at radius 2 is 1.73 bits per heavy atom. The van der Waals surface area contributed by atoms with Crippen molar-refractivity contribution in [3.63, 3.8) is 0 Å². The van der Waals surface area contributed by atoms with Crippen LogP contribution in [0.1, 0.15) is 6.42 Å². The molecule has 3 rings (SSSR count). The number of rotatable bonds is 6. The van der Waals surface area contributed by atoms with Crippen molar-refractivity contribution in [2.45, 2.75) is 17.4 Å². The molecule has 0 aromatic heterocycles. The van der Waals surface area contributed by atoms with E-state index in [0.717, 1.165) is 0 Å². The fourth-order valence-electron chi connectivity index (χ4n) is 2.86. The smallest absolute Gasteiger partial charge is 0.240 e. The average Bonchev–Trinajstić information content (AvgIpc) is 3.01. The van der Waals surface area contributed by atoms with E-state index in [1.54, 1.807) is 48.4 Å². The number of hydrogen-bond donors (Lipinski definition) is 1. The molecule has 1 saturated heterocycles. The summed E-state index contributed by atoms with van der Waals surface area (Å²) in [5.41, 5.74) is 0.681. The van der Waals surface area contributed by atoms with Crippen molar-refractivity contribution in [3.05, 3.63) is 48.5 Å². The molecule has 8 heteroatoms. The van der Waals surface area contributed by atoms with Gasteiger partial charge >= 0.3 is 0 Å². The van der Waals surface area contributed by atoms with Gasteiger partial charge in [-0.2, -0.15) is 0 Å². The van der Waals surface area contributed by atoms with Crippen LogP contribution < -0.4 is 19.1 Å². The molecule has 0 aliphatic carbocycles. The van der Waals surface area contributed by atoms with E-state index in [0.29, 0.717) is 17.2 Å². The van der Waals surface area contributed by atoms with Crippen molar-refractivity contribution in [3.8, 4) is 11.5 Å². The molecular formula is C18H20N2O5S. The number of methoxy groups -OCH3 is 2. The van der Waals surface area contributed by atoms with Crippen LogP contribution in [0.2, 0.25) is 0 Å². The summed E-state index contributed by atoms with van der Waals surface area (Å²) in [7, 11) is -0.654. The third kappa shape index (κ3) is 3.81. The van der Waals surface area contributed by atoms with Gasteiger partial charge in [-0.3, -0.25) is 4.79 Å². The molecule has 1 atom stereocenters. The van der Waals surface area contributed by atoms with Crippen molar-refractivity contribution in [2.24, 2.45) is 0 Å². The van der Waals surface area contributed by atoms with Gasteiger partial charge in [-0.1, -0.05) is 6.07 Å². The molecule has 0 unspecified atom stereocenters. The van der Waals surface area contributed by atoms with E-state index < -0.39 is 16.1 Å². The maximum absolute atomic E-state index is 12.5. The van der Waals surface area contributed by atoms with E-state index in [4.69, 9.17) is 9.47 Å². The number of benzene rings is 2. The molecule has 1 N–H and O–H groups in total. The number of carbonyl (C=O) groups is 1. The number of nitrogens with one attached hydrogen (secondary N) is 1. The molecule has 1 aliphatic rings. The van der Waals surface area contributed by atoms with Crippen LogP contribution in [-0.4, -0.2) is 41.1 Å². The number of ether oxygens (including phenoxy) is 2. The van der Waals surface area contributed by atoms with E-state index in [1.807, 2.05) is 0 Å². The third-order valence-corrected chi connectivity index (χ3v) is 5.72. The molecule has 2 aromatic carbocycles. The average molecular weight is 376 g/mol. The minimum atomic E-state index is -3.72. The predicted molar refractivity (Wildman–Crippen MR) is 97.1 cm³/mol. The highest BCUT2D eigenvalue weighted by molar-refractivity contribution is 7.89. The fourth-order valence-corrected chi connectivity index (χ4v) is 4.08. The molecule has 26 heavy (non-hydrogen) atoms. The first kappa shape index (κ1) is 18.2. The molecular weight excluding hydrogens is 356 g/mol. The van der Waals surface area contributed by atoms with Gasteiger partial charge in [0.25, 0.3) is 0 Å². The summed E-state index contributed by atoms with van der Waals surface area (Å²) >= 11 is 0. The minimum Gasteiger partial charge on any atom is -0.497 e. The van der Waals surface area contributed by atoms with Gasteiger partial charge in [-0.05, 0) is 36.4 Å². The number of anilines is 1. The molecule has 7 nitrogen and oxygen atoms in total. The van der Waals surface area contributed by atoms with Crippen LogP contribution in [0, 0.1) is 0 Å². The molecule has 0 spiro atoms. The van der Waals surface area contributed by atoms with Crippen LogP contribution in [0.5, 0.6) is 11.5 Å². The zero-order valence-electron chi connectivity index (χ0n) is 14.5. The molecule has 0 bridgehead atoms. The SMILES string of the molecule is COc1ccc(S(=O)(=O)N[C@H]2CC(=O)N(c3cccc(OC)c3)C2)cc1. The minimum absolute atomic E-state index is 0.104. The molecule has 1 aliphatic heterocycles. The predicted octanol–water partition coefficient (Wildman–Crippen LogP) is 1.79. The number of nitrogens with zero attached hydrogens (tertiary/aromatic N) is 1. The van der Waals surface area contributed by atoms with Gasteiger partial charge in [0.15, 0.2) is 0 Å². The Labute approximate surface area is 152 Å². The lowest BCUT2D eigenvalue weighted by Crippen LogP contribution is -2.37. The van der Waals surface area contributed by atoms with Crippen LogP contribution >= 0.6 is 0 Å². The Hall–Kier alpha value is -2.58. The Bertz CT molecular complexity index is 896. The van der Waals surface area contributed by atoms with E-state index in [2.05, 4.69) is 4.72 Å². The molecule has 0 saturated carbocycles. The van der Waals surface area contributed by atoms with Gasteiger partial charge in [0.05, 0.1) is 19.1 Å². The zero-order chi connectivity index (χ0) is 18.7. The molecule has 1 amide bonds. The molecule has 0 radical (unpaired) electrons. The number of amides is 1. The first-order valence-electron chi connectivity index (χ1n) is 8.04. The molecule has 2 aromatic rings. The number of carbonyl (C=O) groups excluding carboxylic acids is 1. The summed E-state index contributed by atoms with van der Waals surface area (Å²) in [5.74, 6) is 1.07. The summed E-state index contributed by atoms with van der Waals surface area (Å²) in [6.07, 6.45) is 0.104. The van der Waals surface area contributed by atoms with Crippen LogP contribution in [0.15, 0.2) is 53.4 Å². The van der Waals surface area contributed by atoms with Crippen molar-refractivity contribution in [1.82, 2.24) is 4.72 Å². The largest absolute Gasteiger partial charge is 0.497 e. The van der Waals surface area contributed by atoms with Crippen LogP contribution in [0.25, 0.3) is 0 Å². The van der Waals surface area contributed by atoms with Crippen LogP contribution in [0.4, 0.5) is 5.69 Å². The van der Waals surface area contributed by atoms with Crippen molar-refractivity contribution in [2.75, 3.05) is 25.7 Å². The number of sulfonamides is 1. The first-order valence-corrected chi connectivity index (χ1v) is 9.52. The number of hydrogen-bond acceptors (Lipinski definition) is 5. The maximum atomic E-state index is 12.5. The summed E-state index contributed by atoms with van der Waals surface area (Å²) < 4.78 is 37.9. The Morgan fingerprint density at radius 1 is 1.04 bits per heavy atom. The zero-order valence-corrected chi connectivity index (χ0v) is 15.3. The monoisotopic (exact) mass is 376 g/mol. The van der Waals surface area contributed by atoms with Gasteiger partial charge < -0.3 is 14.4 Å². The fraction of sp³-hybridized carbons (Fsp3) is 0.278. The molecule has 138 valence electrons. The third-order valence-electron chi connectivity index (χ3n) is 4.18. The molecule has 1 fully saturated rings. The quantitative estimate of drug-likeness (QED) is 0.831. The first-order chi connectivity index (χ1) is 12.4. The molecule has 1 heterocycles.